The van der Waals surface area contributed by atoms with Gasteiger partial charge in [-0.25, -0.2) is 10.9 Å². The minimum atomic E-state index is -0.0517. The van der Waals surface area contributed by atoms with Gasteiger partial charge in [-0.1, -0.05) is 39.8 Å². The Balaban J connectivity index is 0.00000189. The van der Waals surface area contributed by atoms with Crippen molar-refractivity contribution in [3.8, 4) is 11.5 Å². The first-order valence-corrected chi connectivity index (χ1v) is 14.5. The molecule has 1 saturated heterocycles. The molecule has 1 aromatic heterocycles. The number of pyridine rings is 1. The Morgan fingerprint density at radius 2 is 1.78 bits per heavy atom. The van der Waals surface area contributed by atoms with E-state index in [4.69, 9.17) is 9.47 Å². The molecule has 9 heteroatoms. The third-order valence-corrected chi connectivity index (χ3v) is 7.44. The summed E-state index contributed by atoms with van der Waals surface area (Å²) < 4.78 is 11.4. The predicted molar refractivity (Wildman–Crippen MR) is 161 cm³/mol. The van der Waals surface area contributed by atoms with Gasteiger partial charge in [0.05, 0.1) is 25.5 Å². The van der Waals surface area contributed by atoms with Gasteiger partial charge in [-0.3, -0.25) is 19.6 Å². The number of carbonyl (C=O) groups is 2. The predicted octanol–water partition coefficient (Wildman–Crippen LogP) is 5.40. The number of nitrogens with zero attached hydrogens (tertiary/aromatic N) is 3. The van der Waals surface area contributed by atoms with Crippen LogP contribution in [0.4, 0.5) is 0 Å². The quantitative estimate of drug-likeness (QED) is 0.340. The molecule has 0 radical (unpaired) electrons. The van der Waals surface area contributed by atoms with E-state index in [2.05, 4.69) is 40.0 Å². The van der Waals surface area contributed by atoms with Crippen LogP contribution < -0.4 is 20.3 Å². The fourth-order valence-corrected chi connectivity index (χ4v) is 5.33. The highest BCUT2D eigenvalue weighted by atomic mass is 16.5. The fourth-order valence-electron chi connectivity index (χ4n) is 5.33. The number of carbonyl (C=O) groups excluding carboxylic acids is 2. The van der Waals surface area contributed by atoms with Crippen LogP contribution in [-0.4, -0.2) is 47.8 Å². The van der Waals surface area contributed by atoms with Gasteiger partial charge in [0.15, 0.2) is 0 Å². The van der Waals surface area contributed by atoms with Crippen LogP contribution in [0, 0.1) is 11.8 Å². The number of fused-ring (bicyclic) bond motifs is 1. The fraction of sp³-hybridized carbons (Fsp3) is 0.438. The van der Waals surface area contributed by atoms with Gasteiger partial charge in [-0.2, -0.15) is 5.10 Å². The molecule has 0 spiro atoms. The van der Waals surface area contributed by atoms with E-state index >= 15 is 0 Å². The maximum atomic E-state index is 12.8. The molecule has 3 unspecified atom stereocenters. The third-order valence-electron chi connectivity index (χ3n) is 7.44. The molecule has 9 nitrogen and oxygen atoms in total. The van der Waals surface area contributed by atoms with Crippen LogP contribution in [0.25, 0.3) is 10.9 Å². The zero-order valence-electron chi connectivity index (χ0n) is 24.6. The second-order valence-electron chi connectivity index (χ2n) is 10.3. The van der Waals surface area contributed by atoms with Crippen molar-refractivity contribution in [2.75, 3.05) is 20.3 Å². The van der Waals surface area contributed by atoms with Crippen molar-refractivity contribution in [3.63, 3.8) is 0 Å². The summed E-state index contributed by atoms with van der Waals surface area (Å²) in [5.74, 6) is 1.82. The molecule has 0 saturated carbocycles. The number of hydrogen-bond donors (Lipinski definition) is 2. The van der Waals surface area contributed by atoms with Crippen LogP contribution in [0.2, 0.25) is 0 Å². The lowest BCUT2D eigenvalue weighted by Crippen LogP contribution is -2.52. The van der Waals surface area contributed by atoms with Crippen LogP contribution in [-0.2, 0) is 9.59 Å². The standard InChI is InChI=1S/C30H35N5O4.C2H6/c1-19-17-26(36)32-33-28(19)21-8-10-22(11-9-21)39-16-5-4-15-35-27(37)18-20(2)29(34-35)24-12-13-25(38-3)30-23(24)7-6-14-31-30;1-2/h6-14,19-20,29,34H,4-5,15-18H2,1-3H3,(H,32,36);1-2H3. The Hall–Kier alpha value is -3.98. The molecule has 5 rings (SSSR count). The molecule has 3 atom stereocenters. The van der Waals surface area contributed by atoms with Crippen molar-refractivity contribution in [2.24, 2.45) is 16.9 Å². The van der Waals surface area contributed by atoms with E-state index in [-0.39, 0.29) is 29.7 Å². The van der Waals surface area contributed by atoms with Crippen LogP contribution in [0.3, 0.4) is 0 Å². The monoisotopic (exact) mass is 559 g/mol. The van der Waals surface area contributed by atoms with E-state index in [1.807, 2.05) is 57.2 Å². The maximum Gasteiger partial charge on any atom is 0.240 e. The highest BCUT2D eigenvalue weighted by molar-refractivity contribution is 6.05. The zero-order chi connectivity index (χ0) is 29.4. The number of benzene rings is 2. The van der Waals surface area contributed by atoms with E-state index in [9.17, 15) is 9.59 Å². The second kappa shape index (κ2) is 14.1. The number of rotatable bonds is 9. The van der Waals surface area contributed by atoms with Crippen LogP contribution in [0.5, 0.6) is 11.5 Å². The topological polar surface area (TPSA) is 105 Å². The molecule has 2 aliphatic heterocycles. The van der Waals surface area contributed by atoms with Gasteiger partial charge in [-0.15, -0.1) is 0 Å². The number of nitrogens with one attached hydrogen (secondary N) is 2. The Morgan fingerprint density at radius 1 is 1.00 bits per heavy atom. The maximum absolute atomic E-state index is 12.8. The normalized spacial score (nSPS) is 20.6. The summed E-state index contributed by atoms with van der Waals surface area (Å²) in [4.78, 5) is 28.8. The number of unbranched alkanes of at least 4 members (excludes halogenated alkanes) is 1. The number of hydrogen-bond acceptors (Lipinski definition) is 7. The summed E-state index contributed by atoms with van der Waals surface area (Å²) in [7, 11) is 1.65. The van der Waals surface area contributed by atoms with Gasteiger partial charge in [0, 0.05) is 36.9 Å². The third kappa shape index (κ3) is 7.03. The number of hydrazone groups is 1. The minimum absolute atomic E-state index is 0.000113. The largest absolute Gasteiger partial charge is 0.494 e. The van der Waals surface area contributed by atoms with Crippen molar-refractivity contribution in [1.82, 2.24) is 20.8 Å². The molecule has 2 amide bonds. The first-order valence-electron chi connectivity index (χ1n) is 14.5. The molecule has 0 aliphatic carbocycles. The van der Waals surface area contributed by atoms with Crippen molar-refractivity contribution in [3.05, 3.63) is 65.9 Å². The SMILES string of the molecule is CC.COc1ccc(C2NN(CCCCOc3ccc(C4=NNC(=O)CC4C)cc3)C(=O)CC2C)c2cccnc12. The van der Waals surface area contributed by atoms with E-state index in [0.29, 0.717) is 26.0 Å². The molecule has 2 aliphatic rings. The first kappa shape index (κ1) is 30.0. The first-order chi connectivity index (χ1) is 19.9. The number of aromatic nitrogens is 1. The number of hydrazine groups is 1. The van der Waals surface area contributed by atoms with E-state index in [0.717, 1.165) is 52.1 Å². The number of methoxy groups -OCH3 is 1. The molecule has 2 N–H and O–H groups in total. The molecule has 3 aromatic rings. The number of amides is 2. The highest BCUT2D eigenvalue weighted by Crippen LogP contribution is 2.36. The van der Waals surface area contributed by atoms with Gasteiger partial charge in [0.1, 0.15) is 17.0 Å². The summed E-state index contributed by atoms with van der Waals surface area (Å²) in [6.45, 7) is 9.28. The average molecular weight is 560 g/mol. The summed E-state index contributed by atoms with van der Waals surface area (Å²) in [6, 6.07) is 15.8. The van der Waals surface area contributed by atoms with Crippen molar-refractivity contribution < 1.29 is 19.1 Å². The average Bonchev–Trinajstić information content (AvgIpc) is 2.99. The Labute approximate surface area is 242 Å². The number of ether oxygens (including phenoxy) is 2. The molecular weight excluding hydrogens is 518 g/mol. The smallest absolute Gasteiger partial charge is 0.240 e. The molecule has 1 fully saturated rings. The van der Waals surface area contributed by atoms with Gasteiger partial charge < -0.3 is 9.47 Å². The van der Waals surface area contributed by atoms with E-state index in [1.54, 1.807) is 18.3 Å². The van der Waals surface area contributed by atoms with Gasteiger partial charge in [0.25, 0.3) is 0 Å². The lowest BCUT2D eigenvalue weighted by atomic mass is 9.88. The molecule has 0 bridgehead atoms. The Kier molecular flexibility index (Phi) is 10.3. The van der Waals surface area contributed by atoms with Gasteiger partial charge >= 0.3 is 0 Å². The van der Waals surface area contributed by atoms with Crippen molar-refractivity contribution in [1.29, 1.82) is 0 Å². The van der Waals surface area contributed by atoms with E-state index in [1.165, 1.54) is 0 Å². The summed E-state index contributed by atoms with van der Waals surface area (Å²) >= 11 is 0. The zero-order valence-corrected chi connectivity index (χ0v) is 24.6. The summed E-state index contributed by atoms with van der Waals surface area (Å²) in [5, 5.41) is 7.00. The van der Waals surface area contributed by atoms with E-state index < -0.39 is 0 Å². The Bertz CT molecular complexity index is 1370. The van der Waals surface area contributed by atoms with Crippen LogP contribution >= 0.6 is 0 Å². The molecule has 41 heavy (non-hydrogen) atoms. The van der Waals surface area contributed by atoms with Crippen LogP contribution in [0.15, 0.2) is 59.8 Å². The summed E-state index contributed by atoms with van der Waals surface area (Å²) in [6.07, 6.45) is 4.34. The lowest BCUT2D eigenvalue weighted by Gasteiger charge is -2.38. The molecule has 218 valence electrons. The lowest BCUT2D eigenvalue weighted by molar-refractivity contribution is -0.141. The molecule has 3 heterocycles. The Morgan fingerprint density at radius 3 is 2.51 bits per heavy atom. The van der Waals surface area contributed by atoms with Crippen LogP contribution in [0.1, 0.15) is 70.5 Å². The second-order valence-corrected chi connectivity index (χ2v) is 10.3. The molecule has 2 aromatic carbocycles. The summed E-state index contributed by atoms with van der Waals surface area (Å²) in [5.41, 5.74) is 9.85. The molecular formula is C32H41N5O4. The van der Waals surface area contributed by atoms with Gasteiger partial charge in [-0.05, 0) is 66.3 Å². The highest BCUT2D eigenvalue weighted by Gasteiger charge is 2.33. The van der Waals surface area contributed by atoms with Crippen molar-refractivity contribution in [2.45, 2.75) is 59.4 Å². The van der Waals surface area contributed by atoms with Gasteiger partial charge in [0.2, 0.25) is 11.8 Å². The minimum Gasteiger partial charge on any atom is -0.494 e. The van der Waals surface area contributed by atoms with Crippen molar-refractivity contribution >= 4 is 28.4 Å².